The van der Waals surface area contributed by atoms with Gasteiger partial charge >= 0.3 is 6.09 Å². The molecule has 1 heterocycles. The number of nitrogens with two attached hydrogens (primary N) is 1. The van der Waals surface area contributed by atoms with Crippen molar-refractivity contribution in [2.24, 2.45) is 22.6 Å². The van der Waals surface area contributed by atoms with Crippen LogP contribution in [-0.2, 0) is 4.74 Å². The molecule has 2 aromatic rings. The summed E-state index contributed by atoms with van der Waals surface area (Å²) in [6.45, 7) is 7.44. The lowest BCUT2D eigenvalue weighted by Crippen LogP contribution is -2.35. The van der Waals surface area contributed by atoms with E-state index in [9.17, 15) is 9.59 Å². The lowest BCUT2D eigenvalue weighted by molar-refractivity contribution is 0.0942. The van der Waals surface area contributed by atoms with Crippen LogP contribution in [0.2, 0.25) is 0 Å². The Morgan fingerprint density at radius 1 is 1.18 bits per heavy atom. The van der Waals surface area contributed by atoms with Gasteiger partial charge in [-0.3, -0.25) is 9.79 Å². The third kappa shape index (κ3) is 6.91. The van der Waals surface area contributed by atoms with E-state index in [0.29, 0.717) is 48.4 Å². The zero-order valence-corrected chi connectivity index (χ0v) is 19.6. The van der Waals surface area contributed by atoms with Gasteiger partial charge in [0.05, 0.1) is 23.4 Å². The first-order valence-corrected chi connectivity index (χ1v) is 11.7. The summed E-state index contributed by atoms with van der Waals surface area (Å²) in [5.41, 5.74) is 7.79. The van der Waals surface area contributed by atoms with Crippen LogP contribution in [0.5, 0.6) is 0 Å². The van der Waals surface area contributed by atoms with Crippen LogP contribution < -0.4 is 16.4 Å². The Bertz CT molecular complexity index is 1070. The van der Waals surface area contributed by atoms with Crippen molar-refractivity contribution in [2.45, 2.75) is 32.6 Å². The summed E-state index contributed by atoms with van der Waals surface area (Å²) in [6.07, 6.45) is 8.07. The normalized spacial score (nSPS) is 18.3. The van der Waals surface area contributed by atoms with Gasteiger partial charge in [0.2, 0.25) is 0 Å². The average molecular weight is 464 g/mol. The number of allylic oxidation sites excluding steroid dienone is 1. The zero-order chi connectivity index (χ0) is 24.3. The molecule has 1 aromatic heterocycles. The lowest BCUT2D eigenvalue weighted by Gasteiger charge is -2.28. The highest BCUT2D eigenvalue weighted by Gasteiger charge is 2.23. The molecule has 0 bridgehead atoms. The fraction of sp³-hybridized carbons (Fsp3) is 0.385. The number of aromatic nitrogens is 1. The molecular formula is C26H33N5O3. The fourth-order valence-corrected chi connectivity index (χ4v) is 4.16. The number of benzene rings is 1. The quantitative estimate of drug-likeness (QED) is 0.485. The molecular weight excluding hydrogens is 430 g/mol. The second-order valence-corrected chi connectivity index (χ2v) is 8.42. The number of carbonyl (C=O) groups is 2. The fourth-order valence-electron chi connectivity index (χ4n) is 4.16. The van der Waals surface area contributed by atoms with E-state index in [-0.39, 0.29) is 12.0 Å². The van der Waals surface area contributed by atoms with Gasteiger partial charge in [0.1, 0.15) is 0 Å². The zero-order valence-electron chi connectivity index (χ0n) is 19.6. The summed E-state index contributed by atoms with van der Waals surface area (Å²) >= 11 is 0. The van der Waals surface area contributed by atoms with E-state index >= 15 is 0 Å². The number of ether oxygens (including phenoxy) is 1. The molecule has 4 N–H and O–H groups in total. The summed E-state index contributed by atoms with van der Waals surface area (Å²) in [5.74, 6) is 0.739. The SMILES string of the molecule is C=C(C=N/C=C\N)c1cc(C(=O)NCC2CCC(CNC(=O)OCC)CC2)c2ccccc2n1. The highest BCUT2D eigenvalue weighted by molar-refractivity contribution is 6.12. The Morgan fingerprint density at radius 3 is 2.53 bits per heavy atom. The number of fused-ring (bicyclic) bond motifs is 1. The average Bonchev–Trinajstić information content (AvgIpc) is 2.86. The number of nitrogens with zero attached hydrogens (tertiary/aromatic N) is 2. The van der Waals surface area contributed by atoms with Crippen LogP contribution in [0.3, 0.4) is 0 Å². The van der Waals surface area contributed by atoms with E-state index in [1.165, 1.54) is 12.4 Å². The van der Waals surface area contributed by atoms with Gasteiger partial charge in [0.15, 0.2) is 0 Å². The largest absolute Gasteiger partial charge is 0.450 e. The molecule has 1 aliphatic rings. The second-order valence-electron chi connectivity index (χ2n) is 8.42. The minimum atomic E-state index is -0.356. The van der Waals surface area contributed by atoms with Crippen molar-refractivity contribution in [1.82, 2.24) is 15.6 Å². The number of nitrogens with one attached hydrogen (secondary N) is 2. The van der Waals surface area contributed by atoms with Gasteiger partial charge < -0.3 is 21.1 Å². The first kappa shape index (κ1) is 25.0. The van der Waals surface area contributed by atoms with Gasteiger partial charge in [-0.25, -0.2) is 9.78 Å². The molecule has 1 aromatic carbocycles. The van der Waals surface area contributed by atoms with Gasteiger partial charge in [-0.05, 0) is 56.6 Å². The Labute approximate surface area is 200 Å². The molecule has 0 radical (unpaired) electrons. The van der Waals surface area contributed by atoms with Gasteiger partial charge in [-0.1, -0.05) is 24.8 Å². The summed E-state index contributed by atoms with van der Waals surface area (Å²) in [4.78, 5) is 33.3. The van der Waals surface area contributed by atoms with Crippen molar-refractivity contribution in [3.63, 3.8) is 0 Å². The molecule has 1 aliphatic carbocycles. The molecule has 1 fully saturated rings. The maximum atomic E-state index is 13.1. The second kappa shape index (κ2) is 12.5. The predicted octanol–water partition coefficient (Wildman–Crippen LogP) is 4.03. The monoisotopic (exact) mass is 463 g/mol. The number of hydrogen-bond acceptors (Lipinski definition) is 6. The highest BCUT2D eigenvalue weighted by Crippen LogP contribution is 2.28. The Hall–Kier alpha value is -3.68. The van der Waals surface area contributed by atoms with E-state index in [0.717, 1.165) is 36.6 Å². The number of para-hydroxylation sites is 1. The van der Waals surface area contributed by atoms with Gasteiger partial charge in [0.25, 0.3) is 5.91 Å². The van der Waals surface area contributed by atoms with Crippen molar-refractivity contribution in [2.75, 3.05) is 19.7 Å². The summed E-state index contributed by atoms with van der Waals surface area (Å²) < 4.78 is 4.92. The third-order valence-corrected chi connectivity index (χ3v) is 6.02. The van der Waals surface area contributed by atoms with Gasteiger partial charge in [-0.2, -0.15) is 0 Å². The van der Waals surface area contributed by atoms with Crippen LogP contribution in [0, 0.1) is 11.8 Å². The Morgan fingerprint density at radius 2 is 1.85 bits per heavy atom. The Kier molecular flexibility index (Phi) is 9.20. The van der Waals surface area contributed by atoms with Crippen molar-refractivity contribution < 1.29 is 14.3 Å². The van der Waals surface area contributed by atoms with Crippen molar-refractivity contribution >= 4 is 34.7 Å². The van der Waals surface area contributed by atoms with Gasteiger partial charge in [-0.15, -0.1) is 0 Å². The molecule has 34 heavy (non-hydrogen) atoms. The van der Waals surface area contributed by atoms with E-state index in [1.807, 2.05) is 24.3 Å². The van der Waals surface area contributed by atoms with Crippen molar-refractivity contribution in [3.8, 4) is 0 Å². The number of alkyl carbamates (subject to hydrolysis) is 1. The van der Waals surface area contributed by atoms with Crippen LogP contribution in [-0.4, -0.2) is 42.9 Å². The third-order valence-electron chi connectivity index (χ3n) is 6.02. The van der Waals surface area contributed by atoms with E-state index < -0.39 is 0 Å². The molecule has 0 spiro atoms. The van der Waals surface area contributed by atoms with Crippen LogP contribution >= 0.6 is 0 Å². The number of hydrogen-bond donors (Lipinski definition) is 3. The Balaban J connectivity index is 1.60. The molecule has 180 valence electrons. The number of pyridine rings is 1. The van der Waals surface area contributed by atoms with Gasteiger partial charge in [0, 0.05) is 42.7 Å². The molecule has 0 saturated heterocycles. The summed E-state index contributed by atoms with van der Waals surface area (Å²) in [5, 5.41) is 6.73. The minimum absolute atomic E-state index is 0.127. The van der Waals surface area contributed by atoms with E-state index in [1.54, 1.807) is 19.2 Å². The first-order valence-electron chi connectivity index (χ1n) is 11.7. The number of amides is 2. The smallest absolute Gasteiger partial charge is 0.407 e. The summed E-state index contributed by atoms with van der Waals surface area (Å²) in [7, 11) is 0. The molecule has 2 amide bonds. The lowest BCUT2D eigenvalue weighted by atomic mass is 9.82. The number of carbonyl (C=O) groups excluding carboxylic acids is 2. The molecule has 0 unspecified atom stereocenters. The van der Waals surface area contributed by atoms with Crippen LogP contribution in [0.1, 0.15) is 48.7 Å². The maximum absolute atomic E-state index is 13.1. The summed E-state index contributed by atoms with van der Waals surface area (Å²) in [6, 6.07) is 9.33. The van der Waals surface area contributed by atoms with Crippen molar-refractivity contribution in [3.05, 3.63) is 60.6 Å². The standard InChI is InChI=1S/C26H33N5O3/c1-3-34-26(33)30-17-20-10-8-19(9-11-20)16-29-25(32)22-14-24(18(2)15-28-13-12-27)31-23-7-5-4-6-21(22)23/h4-7,12-15,19-20H,2-3,8-11,16-17,27H2,1H3,(H,29,32)(H,30,33)/b13-12-,28-15?. The maximum Gasteiger partial charge on any atom is 0.407 e. The molecule has 8 heteroatoms. The highest BCUT2D eigenvalue weighted by atomic mass is 16.5. The number of aliphatic imine (C=N–C) groups is 1. The van der Waals surface area contributed by atoms with Crippen molar-refractivity contribution in [1.29, 1.82) is 0 Å². The molecule has 3 rings (SSSR count). The minimum Gasteiger partial charge on any atom is -0.450 e. The molecule has 0 atom stereocenters. The van der Waals surface area contributed by atoms with E-state index in [2.05, 4.69) is 27.2 Å². The predicted molar refractivity (Wildman–Crippen MR) is 135 cm³/mol. The topological polar surface area (TPSA) is 119 Å². The number of rotatable bonds is 9. The molecule has 1 saturated carbocycles. The van der Waals surface area contributed by atoms with Crippen LogP contribution in [0.25, 0.3) is 16.5 Å². The van der Waals surface area contributed by atoms with Crippen LogP contribution in [0.4, 0.5) is 4.79 Å². The first-order chi connectivity index (χ1) is 16.5. The van der Waals surface area contributed by atoms with E-state index in [4.69, 9.17) is 10.5 Å². The molecule has 0 aliphatic heterocycles. The molecule has 8 nitrogen and oxygen atoms in total. The van der Waals surface area contributed by atoms with Crippen LogP contribution in [0.15, 0.2) is 54.3 Å².